The van der Waals surface area contributed by atoms with Crippen molar-refractivity contribution in [3.05, 3.63) is 33.9 Å². The summed E-state index contributed by atoms with van der Waals surface area (Å²) in [7, 11) is 0. The third-order valence-electron chi connectivity index (χ3n) is 2.98. The molecule has 1 amide bonds. The second-order valence-corrected chi connectivity index (χ2v) is 4.32. The van der Waals surface area contributed by atoms with Crippen molar-refractivity contribution >= 4 is 17.3 Å². The van der Waals surface area contributed by atoms with Gasteiger partial charge in [0.05, 0.1) is 4.92 Å². The largest absolute Gasteiger partial charge is 0.305 e. The number of benzene rings is 1. The van der Waals surface area contributed by atoms with E-state index in [0.717, 1.165) is 5.56 Å². The van der Waals surface area contributed by atoms with E-state index in [-0.39, 0.29) is 23.9 Å². The molecule has 0 saturated carbocycles. The molecule has 5 nitrogen and oxygen atoms in total. The first-order valence-electron chi connectivity index (χ1n) is 5.54. The molecule has 5 heteroatoms. The zero-order valence-electron chi connectivity index (χ0n) is 9.92. The topological polar surface area (TPSA) is 63.5 Å². The Morgan fingerprint density at radius 3 is 2.83 bits per heavy atom. The lowest BCUT2D eigenvalue weighted by Gasteiger charge is -2.16. The van der Waals surface area contributed by atoms with Crippen LogP contribution >= 0.6 is 0 Å². The van der Waals surface area contributed by atoms with E-state index in [4.69, 9.17) is 6.42 Å². The van der Waals surface area contributed by atoms with Crippen molar-refractivity contribution < 1.29 is 9.72 Å². The van der Waals surface area contributed by atoms with Crippen LogP contribution in [0.2, 0.25) is 0 Å². The van der Waals surface area contributed by atoms with E-state index in [9.17, 15) is 14.9 Å². The fraction of sp³-hybridized carbons (Fsp3) is 0.308. The Labute approximate surface area is 105 Å². The molecule has 1 heterocycles. The number of hydrogen-bond acceptors (Lipinski definition) is 3. The summed E-state index contributed by atoms with van der Waals surface area (Å²) in [5.41, 5.74) is 1.06. The molecular weight excluding hydrogens is 232 g/mol. The zero-order chi connectivity index (χ0) is 13.3. The number of nitrogens with zero attached hydrogens (tertiary/aromatic N) is 2. The van der Waals surface area contributed by atoms with E-state index < -0.39 is 4.92 Å². The number of rotatable bonds is 2. The van der Waals surface area contributed by atoms with Crippen LogP contribution < -0.4 is 4.90 Å². The van der Waals surface area contributed by atoms with Crippen molar-refractivity contribution in [1.82, 2.24) is 0 Å². The summed E-state index contributed by atoms with van der Waals surface area (Å²) in [6.45, 7) is 2.12. The van der Waals surface area contributed by atoms with E-state index in [1.165, 1.54) is 11.0 Å². The highest BCUT2D eigenvalue weighted by Gasteiger charge is 2.33. The molecule has 18 heavy (non-hydrogen) atoms. The maximum absolute atomic E-state index is 11.8. The van der Waals surface area contributed by atoms with Crippen molar-refractivity contribution in [2.75, 3.05) is 11.4 Å². The van der Waals surface area contributed by atoms with Crippen molar-refractivity contribution in [2.45, 2.75) is 13.3 Å². The van der Waals surface area contributed by atoms with Gasteiger partial charge in [-0.05, 0) is 18.6 Å². The van der Waals surface area contributed by atoms with Crippen LogP contribution in [0, 0.1) is 35.3 Å². The van der Waals surface area contributed by atoms with Gasteiger partial charge in [0.25, 0.3) is 5.69 Å². The molecule has 0 N–H and O–H groups in total. The number of terminal acetylenes is 1. The van der Waals surface area contributed by atoms with Gasteiger partial charge in [0.2, 0.25) is 5.91 Å². The van der Waals surface area contributed by atoms with E-state index in [1.807, 2.05) is 0 Å². The summed E-state index contributed by atoms with van der Waals surface area (Å²) in [4.78, 5) is 23.8. The lowest BCUT2D eigenvalue weighted by atomic mass is 10.1. The molecule has 1 fully saturated rings. The fourth-order valence-corrected chi connectivity index (χ4v) is 2.06. The van der Waals surface area contributed by atoms with Crippen molar-refractivity contribution in [3.8, 4) is 12.3 Å². The highest BCUT2D eigenvalue weighted by atomic mass is 16.6. The van der Waals surface area contributed by atoms with Crippen molar-refractivity contribution in [3.63, 3.8) is 0 Å². The van der Waals surface area contributed by atoms with Gasteiger partial charge in [-0.3, -0.25) is 14.9 Å². The third kappa shape index (κ3) is 2.05. The van der Waals surface area contributed by atoms with Gasteiger partial charge < -0.3 is 4.90 Å². The van der Waals surface area contributed by atoms with E-state index in [2.05, 4.69) is 5.92 Å². The molecule has 1 aromatic rings. The summed E-state index contributed by atoms with van der Waals surface area (Å²) in [6.07, 6.45) is 5.55. The summed E-state index contributed by atoms with van der Waals surface area (Å²) >= 11 is 0. The second-order valence-electron chi connectivity index (χ2n) is 4.32. The van der Waals surface area contributed by atoms with Crippen LogP contribution in [0.25, 0.3) is 0 Å². The lowest BCUT2D eigenvalue weighted by molar-refractivity contribution is -0.384. The minimum atomic E-state index is -0.473. The average Bonchev–Trinajstić information content (AvgIpc) is 2.70. The molecule has 0 spiro atoms. The van der Waals surface area contributed by atoms with Gasteiger partial charge in [0.1, 0.15) is 5.69 Å². The van der Waals surface area contributed by atoms with E-state index in [0.29, 0.717) is 12.2 Å². The first-order valence-corrected chi connectivity index (χ1v) is 5.54. The molecule has 0 bridgehead atoms. The lowest BCUT2D eigenvalue weighted by Crippen LogP contribution is -2.25. The van der Waals surface area contributed by atoms with Gasteiger partial charge in [-0.1, -0.05) is 6.07 Å². The minimum Gasteiger partial charge on any atom is -0.305 e. The Hall–Kier alpha value is -2.35. The van der Waals surface area contributed by atoms with Crippen molar-refractivity contribution in [1.29, 1.82) is 0 Å². The van der Waals surface area contributed by atoms with Crippen LogP contribution in [0.1, 0.15) is 12.0 Å². The number of aryl methyl sites for hydroxylation is 1. The molecule has 0 aromatic heterocycles. The van der Waals surface area contributed by atoms with Gasteiger partial charge in [-0.2, -0.15) is 0 Å². The Morgan fingerprint density at radius 2 is 2.28 bits per heavy atom. The molecule has 1 saturated heterocycles. The Balaban J connectivity index is 2.43. The quantitative estimate of drug-likeness (QED) is 0.453. The number of anilines is 1. The van der Waals surface area contributed by atoms with Crippen LogP contribution in [-0.4, -0.2) is 17.4 Å². The number of hydrogen-bond donors (Lipinski definition) is 0. The first kappa shape index (κ1) is 12.1. The monoisotopic (exact) mass is 244 g/mol. The smallest absolute Gasteiger partial charge is 0.293 e. The van der Waals surface area contributed by atoms with Crippen molar-refractivity contribution in [2.24, 2.45) is 5.92 Å². The highest BCUT2D eigenvalue weighted by Crippen LogP contribution is 2.33. The van der Waals surface area contributed by atoms with Gasteiger partial charge >= 0.3 is 0 Å². The Bertz CT molecular complexity index is 560. The SMILES string of the molecule is C#CC1CC(=O)N(c2ccc(C)cc2[N+](=O)[O-])C1. The van der Waals surface area contributed by atoms with Crippen LogP contribution in [0.4, 0.5) is 11.4 Å². The molecule has 1 atom stereocenters. The average molecular weight is 244 g/mol. The van der Waals surface area contributed by atoms with Crippen LogP contribution in [-0.2, 0) is 4.79 Å². The van der Waals surface area contributed by atoms with Gasteiger partial charge in [-0.15, -0.1) is 12.3 Å². The van der Waals surface area contributed by atoms with E-state index >= 15 is 0 Å². The number of carbonyl (C=O) groups excluding carboxylic acids is 1. The highest BCUT2D eigenvalue weighted by molar-refractivity contribution is 5.98. The standard InChI is InChI=1S/C13H12N2O3/c1-3-10-7-13(16)14(8-10)11-5-4-9(2)6-12(11)15(17)18/h1,4-6,10H,7-8H2,2H3. The number of carbonyl (C=O) groups is 1. The number of amides is 1. The van der Waals surface area contributed by atoms with Crippen LogP contribution in [0.3, 0.4) is 0 Å². The maximum atomic E-state index is 11.8. The van der Waals surface area contributed by atoms with Crippen LogP contribution in [0.15, 0.2) is 18.2 Å². The van der Waals surface area contributed by atoms with Gasteiger partial charge in [-0.25, -0.2) is 0 Å². The normalized spacial score (nSPS) is 18.8. The minimum absolute atomic E-state index is 0.0546. The predicted octanol–water partition coefficient (Wildman–Crippen LogP) is 1.89. The van der Waals surface area contributed by atoms with Crippen LogP contribution in [0.5, 0.6) is 0 Å². The summed E-state index contributed by atoms with van der Waals surface area (Å²) in [5.74, 6) is 2.19. The zero-order valence-corrected chi connectivity index (χ0v) is 9.92. The molecular formula is C13H12N2O3. The maximum Gasteiger partial charge on any atom is 0.293 e. The fourth-order valence-electron chi connectivity index (χ4n) is 2.06. The second kappa shape index (κ2) is 4.49. The molecule has 0 radical (unpaired) electrons. The summed E-state index contributed by atoms with van der Waals surface area (Å²) in [6, 6.07) is 4.81. The summed E-state index contributed by atoms with van der Waals surface area (Å²) < 4.78 is 0. The molecule has 1 unspecified atom stereocenters. The first-order chi connectivity index (χ1) is 8.52. The molecule has 92 valence electrons. The molecule has 1 aliphatic rings. The van der Waals surface area contributed by atoms with Gasteiger partial charge in [0.15, 0.2) is 0 Å². The predicted molar refractivity (Wildman–Crippen MR) is 67.1 cm³/mol. The number of nitro groups is 1. The summed E-state index contributed by atoms with van der Waals surface area (Å²) in [5, 5.41) is 11.0. The van der Waals surface area contributed by atoms with E-state index in [1.54, 1.807) is 19.1 Å². The number of nitro benzene ring substituents is 1. The Kier molecular flexibility index (Phi) is 3.02. The molecule has 0 aliphatic carbocycles. The molecule has 1 aromatic carbocycles. The van der Waals surface area contributed by atoms with Gasteiger partial charge in [0, 0.05) is 24.9 Å². The molecule has 1 aliphatic heterocycles. The third-order valence-corrected chi connectivity index (χ3v) is 2.98. The Morgan fingerprint density at radius 1 is 1.56 bits per heavy atom. The molecule has 2 rings (SSSR count).